The van der Waals surface area contributed by atoms with E-state index in [0.717, 1.165) is 11.4 Å². The van der Waals surface area contributed by atoms with Crippen LogP contribution in [-0.4, -0.2) is 64.3 Å². The number of phenols is 2. The first kappa shape index (κ1) is 24.8. The maximum Gasteiger partial charge on any atom is 0.177 e. The van der Waals surface area contributed by atoms with Crippen LogP contribution in [0.15, 0.2) is 48.5 Å². The second-order valence-corrected chi connectivity index (χ2v) is 5.78. The molecule has 0 aliphatic heterocycles. The van der Waals surface area contributed by atoms with Gasteiger partial charge in [0.25, 0.3) is 0 Å². The third-order valence-corrected chi connectivity index (χ3v) is 2.86. The Morgan fingerprint density at radius 1 is 0.741 bits per heavy atom. The summed E-state index contributed by atoms with van der Waals surface area (Å²) >= 11 is 0. The average molecular weight is 404 g/mol. The third kappa shape index (κ3) is 14.6. The van der Waals surface area contributed by atoms with Crippen LogP contribution in [0.3, 0.4) is 0 Å². The van der Waals surface area contributed by atoms with Crippen molar-refractivity contribution < 1.29 is 48.6 Å². The largest absolute Gasteiger partial charge is 0.759 e. The van der Waals surface area contributed by atoms with Crippen LogP contribution < -0.4 is 10.6 Å². The summed E-state index contributed by atoms with van der Waals surface area (Å²) in [6.45, 7) is 1.40. The number of nitrogens with two attached hydrogens (primary N) is 2. The van der Waals surface area contributed by atoms with Crippen molar-refractivity contribution in [2.45, 2.75) is 0 Å². The first-order chi connectivity index (χ1) is 12.7. The Bertz CT molecular complexity index is 698. The summed E-state index contributed by atoms with van der Waals surface area (Å²) in [5, 5.41) is 39.1. The van der Waals surface area contributed by atoms with Crippen LogP contribution in [0.5, 0.6) is 11.5 Å². The van der Waals surface area contributed by atoms with E-state index in [4.69, 9.17) is 27.7 Å². The Labute approximate surface area is 157 Å². The summed E-state index contributed by atoms with van der Waals surface area (Å²) in [5.74, 6) is 0.530. The molecular weight excluding hydrogens is 380 g/mol. The Kier molecular flexibility index (Phi) is 12.7. The molecule has 27 heavy (non-hydrogen) atoms. The molecule has 0 fully saturated rings. The summed E-state index contributed by atoms with van der Waals surface area (Å²) in [7, 11) is -5.17. The van der Waals surface area contributed by atoms with Crippen LogP contribution in [0, 0.1) is 0 Å². The highest BCUT2D eigenvalue weighted by Crippen LogP contribution is 2.16. The smallest absolute Gasteiger partial charge is 0.177 e. The number of benzene rings is 2. The van der Waals surface area contributed by atoms with Crippen molar-refractivity contribution in [3.05, 3.63) is 48.5 Å². The van der Waals surface area contributed by atoms with Gasteiger partial charge < -0.3 is 40.2 Å². The summed E-state index contributed by atoms with van der Waals surface area (Å²) < 4.78 is 34.1. The molecule has 0 unspecified atom stereocenters. The molecule has 2 rings (SSSR count). The van der Waals surface area contributed by atoms with Crippen molar-refractivity contribution in [2.75, 3.05) is 26.3 Å². The first-order valence-electron chi connectivity index (χ1n) is 7.79. The molecule has 0 heterocycles. The minimum absolute atomic E-state index is 0.119. The molecule has 0 aliphatic carbocycles. The second-order valence-electron chi connectivity index (χ2n) is 4.96. The molecule has 0 spiro atoms. The van der Waals surface area contributed by atoms with E-state index < -0.39 is 10.4 Å². The standard InChI is InChI=1S/2C8H11NO2.H2O4S/c2*10-6-5-9-7-3-1-2-4-8(7)11;1-5(2,3)4/h2*1-4,9-11H,5-6H2;(H2,1,2,3,4). The summed E-state index contributed by atoms with van der Waals surface area (Å²) in [5.41, 5.74) is 1.56. The predicted octanol–water partition coefficient (Wildman–Crippen LogP) is -2.18. The van der Waals surface area contributed by atoms with E-state index in [0.29, 0.717) is 13.1 Å². The van der Waals surface area contributed by atoms with Crippen molar-refractivity contribution in [2.24, 2.45) is 0 Å². The zero-order valence-corrected chi connectivity index (χ0v) is 15.2. The van der Waals surface area contributed by atoms with E-state index in [1.165, 1.54) is 0 Å². The van der Waals surface area contributed by atoms with Gasteiger partial charge in [0.1, 0.15) is 13.1 Å². The molecule has 8 N–H and O–H groups in total. The highest BCUT2D eigenvalue weighted by Gasteiger charge is 2.01. The van der Waals surface area contributed by atoms with Crippen molar-refractivity contribution in [3.63, 3.8) is 0 Å². The van der Waals surface area contributed by atoms with Crippen LogP contribution in [0.4, 0.5) is 11.4 Å². The Hall–Kier alpha value is -2.25. The average Bonchev–Trinajstić information content (AvgIpc) is 2.60. The number of hydrogen-bond donors (Lipinski definition) is 6. The van der Waals surface area contributed by atoms with Gasteiger partial charge in [-0.1, -0.05) is 24.3 Å². The number of hydrogen-bond acceptors (Lipinski definition) is 8. The maximum absolute atomic E-state index is 9.22. The fourth-order valence-electron chi connectivity index (χ4n) is 1.76. The highest BCUT2D eigenvalue weighted by atomic mass is 32.3. The fraction of sp³-hybridized carbons (Fsp3) is 0.250. The van der Waals surface area contributed by atoms with Gasteiger partial charge in [-0.25, -0.2) is 0 Å². The normalized spacial score (nSPS) is 10.2. The molecular formula is C16H24N2O8S. The molecule has 11 heteroatoms. The molecule has 0 aliphatic rings. The van der Waals surface area contributed by atoms with Crippen LogP contribution in [-0.2, 0) is 10.4 Å². The quantitative estimate of drug-likeness (QED) is 0.135. The monoisotopic (exact) mass is 404 g/mol. The minimum Gasteiger partial charge on any atom is -0.759 e. The fourth-order valence-corrected chi connectivity index (χ4v) is 1.76. The lowest BCUT2D eigenvalue weighted by Gasteiger charge is -2.06. The summed E-state index contributed by atoms with van der Waals surface area (Å²) in [4.78, 5) is 0. The van der Waals surface area contributed by atoms with Crippen molar-refractivity contribution >= 4 is 21.8 Å². The van der Waals surface area contributed by atoms with Crippen LogP contribution in [0.25, 0.3) is 0 Å². The number of aliphatic hydroxyl groups is 2. The number of phenolic OH excluding ortho intramolecular Hbond substituents is 2. The number of aliphatic hydroxyl groups excluding tert-OH is 2. The van der Waals surface area contributed by atoms with Gasteiger partial charge in [0.2, 0.25) is 0 Å². The Balaban J connectivity index is 0.000000405. The molecule has 0 atom stereocenters. The number of rotatable bonds is 6. The molecule has 0 saturated carbocycles. The van der Waals surface area contributed by atoms with Gasteiger partial charge in [-0.2, -0.15) is 0 Å². The van der Waals surface area contributed by atoms with Gasteiger partial charge in [0.05, 0.1) is 13.2 Å². The predicted molar refractivity (Wildman–Crippen MR) is 93.8 cm³/mol. The van der Waals surface area contributed by atoms with Crippen molar-refractivity contribution in [3.8, 4) is 11.5 Å². The summed E-state index contributed by atoms with van der Waals surface area (Å²) in [6.07, 6.45) is 0. The molecule has 0 radical (unpaired) electrons. The number of para-hydroxylation sites is 4. The number of aromatic hydroxyl groups is 2. The topological polar surface area (TPSA) is 194 Å². The molecule has 0 aromatic heterocycles. The van der Waals surface area contributed by atoms with Gasteiger partial charge in [-0.3, -0.25) is 8.42 Å². The van der Waals surface area contributed by atoms with E-state index in [1.54, 1.807) is 34.9 Å². The van der Waals surface area contributed by atoms with Gasteiger partial charge in [0, 0.05) is 22.5 Å². The molecule has 0 saturated heterocycles. The van der Waals surface area contributed by atoms with E-state index in [1.807, 2.05) is 24.3 Å². The van der Waals surface area contributed by atoms with Crippen LogP contribution in [0.2, 0.25) is 0 Å². The third-order valence-electron chi connectivity index (χ3n) is 2.86. The van der Waals surface area contributed by atoms with E-state index in [9.17, 15) is 10.2 Å². The minimum atomic E-state index is -5.17. The molecule has 2 aromatic carbocycles. The van der Waals surface area contributed by atoms with E-state index in [2.05, 4.69) is 0 Å². The van der Waals surface area contributed by atoms with E-state index >= 15 is 0 Å². The Morgan fingerprint density at radius 2 is 1.04 bits per heavy atom. The van der Waals surface area contributed by atoms with E-state index in [-0.39, 0.29) is 24.7 Å². The van der Waals surface area contributed by atoms with Crippen LogP contribution >= 0.6 is 0 Å². The lowest BCUT2D eigenvalue weighted by molar-refractivity contribution is -0.574. The molecule has 0 bridgehead atoms. The highest BCUT2D eigenvalue weighted by molar-refractivity contribution is 7.79. The molecule has 152 valence electrons. The summed E-state index contributed by atoms with van der Waals surface area (Å²) in [6, 6.07) is 14.1. The van der Waals surface area contributed by atoms with Crippen molar-refractivity contribution in [1.29, 1.82) is 0 Å². The van der Waals surface area contributed by atoms with Crippen LogP contribution in [0.1, 0.15) is 0 Å². The van der Waals surface area contributed by atoms with Gasteiger partial charge in [-0.05, 0) is 12.1 Å². The number of quaternary nitrogens is 2. The van der Waals surface area contributed by atoms with Gasteiger partial charge in [-0.15, -0.1) is 0 Å². The molecule has 2 aromatic rings. The molecule has 0 amide bonds. The second kappa shape index (κ2) is 13.9. The zero-order chi connectivity index (χ0) is 20.7. The van der Waals surface area contributed by atoms with Crippen molar-refractivity contribution in [1.82, 2.24) is 0 Å². The SMILES string of the molecule is O=S(=O)([O-])[O-].OCC[NH2+]c1ccccc1O.OCC[NH2+]c1ccccc1O. The lowest BCUT2D eigenvalue weighted by Crippen LogP contribution is -2.78. The lowest BCUT2D eigenvalue weighted by atomic mass is 10.3. The Morgan fingerprint density at radius 3 is 1.30 bits per heavy atom. The maximum atomic E-state index is 9.22. The van der Waals surface area contributed by atoms with Gasteiger partial charge in [0.15, 0.2) is 22.9 Å². The molecule has 10 nitrogen and oxygen atoms in total. The first-order valence-corrected chi connectivity index (χ1v) is 9.13. The zero-order valence-electron chi connectivity index (χ0n) is 14.4. The van der Waals surface area contributed by atoms with Gasteiger partial charge >= 0.3 is 0 Å².